The molecule has 4 aliphatic rings. The van der Waals surface area contributed by atoms with Gasteiger partial charge >= 0.3 is 0 Å². The average molecular weight is 808 g/mol. The standard InChI is InChI=1S/C40H49N13O4S/c1-26(2)53-34-21-36(45-35-10-13-41-38(46-35)28-22-43-52(25-28)58(56,57)31-6-7-31)42-23-32(34)39(48-53)51-14-11-30(12-15-51)50-18-16-49(17-19-50)24-27-4-3-5-29(20-27)44-33-8-9-37(54)47-40(33)55/h3-5,10,13,20-23,25-26,30-31,33,44H,6-9,11-12,14-19,24H2,1-2H3,(H,47,54,55)(H,41,42,45,46). The molecule has 4 fully saturated rings. The summed E-state index contributed by atoms with van der Waals surface area (Å²) < 4.78 is 28.4. The lowest BCUT2D eigenvalue weighted by atomic mass is 10.0. The molecule has 0 spiro atoms. The van der Waals surface area contributed by atoms with E-state index in [1.165, 1.54) is 18.0 Å². The Bertz CT molecular complexity index is 2430. The predicted octanol–water partition coefficient (Wildman–Crippen LogP) is 3.75. The second-order valence-electron chi connectivity index (χ2n) is 16.1. The lowest BCUT2D eigenvalue weighted by molar-refractivity contribution is -0.133. The maximum atomic E-state index is 12.6. The molecule has 1 atom stereocenters. The number of piperazine rings is 1. The van der Waals surface area contributed by atoms with Gasteiger partial charge in [0, 0.05) is 88.5 Å². The maximum absolute atomic E-state index is 12.6. The fourth-order valence-corrected chi connectivity index (χ4v) is 9.74. The van der Waals surface area contributed by atoms with Gasteiger partial charge in [0.25, 0.3) is 10.0 Å². The zero-order chi connectivity index (χ0) is 40.0. The van der Waals surface area contributed by atoms with E-state index in [9.17, 15) is 18.0 Å². The molecule has 3 aliphatic heterocycles. The first-order chi connectivity index (χ1) is 28.1. The van der Waals surface area contributed by atoms with Crippen LogP contribution in [0.3, 0.4) is 0 Å². The Hall–Kier alpha value is -5.46. The number of hydrogen-bond acceptors (Lipinski definition) is 14. The van der Waals surface area contributed by atoms with Crippen molar-refractivity contribution in [2.75, 3.05) is 54.8 Å². The Kier molecular flexibility index (Phi) is 10.3. The SMILES string of the molecule is CC(C)n1nc(N2CCC(N3CCN(Cc4cccc(NC5CCC(=O)NC5=O)c4)CC3)CC2)c2cnc(Nc3ccnc(-c4cnn(S(=O)(=O)C5CC5)c4)n3)cc21. The first-order valence-corrected chi connectivity index (χ1v) is 21.8. The molecule has 0 bridgehead atoms. The Morgan fingerprint density at radius 1 is 0.914 bits per heavy atom. The smallest absolute Gasteiger partial charge is 0.256 e. The second kappa shape index (κ2) is 15.7. The van der Waals surface area contributed by atoms with Crippen LogP contribution in [0, 0.1) is 0 Å². The number of carbonyl (C=O) groups is 2. The van der Waals surface area contributed by atoms with Crippen LogP contribution < -0.4 is 20.9 Å². The molecule has 304 valence electrons. The summed E-state index contributed by atoms with van der Waals surface area (Å²) in [7, 11) is -3.48. The number of nitrogens with zero attached hydrogens (tertiary/aromatic N) is 10. The number of carbonyl (C=O) groups excluding carboxylic acids is 2. The lowest BCUT2D eigenvalue weighted by Gasteiger charge is -2.43. The Balaban J connectivity index is 0.801. The van der Waals surface area contributed by atoms with Gasteiger partial charge in [0.1, 0.15) is 17.7 Å². The van der Waals surface area contributed by atoms with E-state index in [0.29, 0.717) is 54.7 Å². The molecule has 3 saturated heterocycles. The van der Waals surface area contributed by atoms with Gasteiger partial charge in [-0.2, -0.15) is 14.3 Å². The highest BCUT2D eigenvalue weighted by atomic mass is 32.2. The summed E-state index contributed by atoms with van der Waals surface area (Å²) in [6, 6.07) is 12.3. The van der Waals surface area contributed by atoms with E-state index in [1.54, 1.807) is 12.3 Å². The number of fused-ring (bicyclic) bond motifs is 1. The quantitative estimate of drug-likeness (QED) is 0.155. The number of piperidine rings is 2. The zero-order valence-electron chi connectivity index (χ0n) is 32.8. The third kappa shape index (κ3) is 8.00. The van der Waals surface area contributed by atoms with Gasteiger partial charge in [-0.1, -0.05) is 12.1 Å². The largest absolute Gasteiger partial charge is 0.374 e. The first kappa shape index (κ1) is 38.1. The third-order valence-corrected chi connectivity index (χ3v) is 13.6. The van der Waals surface area contributed by atoms with E-state index in [4.69, 9.17) is 10.1 Å². The molecular weight excluding hydrogens is 759 g/mol. The van der Waals surface area contributed by atoms with Gasteiger partial charge in [0.2, 0.25) is 11.8 Å². The molecule has 1 aliphatic carbocycles. The molecule has 1 saturated carbocycles. The predicted molar refractivity (Wildman–Crippen MR) is 220 cm³/mol. The number of imide groups is 1. The molecular formula is C40H49N13O4S. The van der Waals surface area contributed by atoms with Crippen molar-refractivity contribution in [1.82, 2.24) is 49.0 Å². The molecule has 4 aromatic heterocycles. The normalized spacial score (nSPS) is 20.2. The number of rotatable bonds is 12. The van der Waals surface area contributed by atoms with E-state index in [0.717, 1.165) is 85.2 Å². The van der Waals surface area contributed by atoms with Gasteiger partial charge in [-0.05, 0) is 69.7 Å². The van der Waals surface area contributed by atoms with Gasteiger partial charge in [-0.15, -0.1) is 0 Å². The summed E-state index contributed by atoms with van der Waals surface area (Å²) in [4.78, 5) is 45.1. The average Bonchev–Trinajstić information content (AvgIpc) is 3.85. The van der Waals surface area contributed by atoms with E-state index in [-0.39, 0.29) is 23.1 Å². The monoisotopic (exact) mass is 807 g/mol. The van der Waals surface area contributed by atoms with E-state index in [2.05, 4.69) is 76.4 Å². The number of hydrogen-bond donors (Lipinski definition) is 3. The molecule has 2 amide bonds. The molecule has 17 nitrogen and oxygen atoms in total. The van der Waals surface area contributed by atoms with Crippen LogP contribution in [-0.2, 0) is 26.2 Å². The van der Waals surface area contributed by atoms with Crippen molar-refractivity contribution < 1.29 is 18.0 Å². The van der Waals surface area contributed by atoms with Crippen LogP contribution in [0.25, 0.3) is 22.3 Å². The van der Waals surface area contributed by atoms with Crippen molar-refractivity contribution in [3.8, 4) is 11.4 Å². The van der Waals surface area contributed by atoms with E-state index in [1.807, 2.05) is 24.4 Å². The van der Waals surface area contributed by atoms with Crippen LogP contribution in [0.15, 0.2) is 61.2 Å². The molecule has 1 unspecified atom stereocenters. The van der Waals surface area contributed by atoms with E-state index < -0.39 is 16.1 Å². The summed E-state index contributed by atoms with van der Waals surface area (Å²) in [6.45, 7) is 11.0. The Morgan fingerprint density at radius 2 is 1.72 bits per heavy atom. The zero-order valence-corrected chi connectivity index (χ0v) is 33.6. The van der Waals surface area contributed by atoms with Gasteiger partial charge in [-0.25, -0.2) is 23.4 Å². The fourth-order valence-electron chi connectivity index (χ4n) is 8.27. The first-order valence-electron chi connectivity index (χ1n) is 20.3. The number of aromatic nitrogens is 7. The van der Waals surface area contributed by atoms with Gasteiger partial charge in [-0.3, -0.25) is 29.4 Å². The summed E-state index contributed by atoms with van der Waals surface area (Å²) >= 11 is 0. The van der Waals surface area contributed by atoms with Crippen LogP contribution in [0.5, 0.6) is 0 Å². The third-order valence-electron chi connectivity index (χ3n) is 11.6. The molecule has 7 heterocycles. The molecule has 5 aromatic rings. The van der Waals surface area contributed by atoms with Crippen molar-refractivity contribution in [2.24, 2.45) is 0 Å². The highest BCUT2D eigenvalue weighted by molar-refractivity contribution is 7.90. The number of pyridine rings is 1. The van der Waals surface area contributed by atoms with Gasteiger partial charge in [0.15, 0.2) is 11.6 Å². The summed E-state index contributed by atoms with van der Waals surface area (Å²) in [6.07, 6.45) is 10.8. The molecule has 18 heteroatoms. The van der Waals surface area contributed by atoms with Crippen molar-refractivity contribution in [2.45, 2.75) is 82.3 Å². The topological polar surface area (TPSA) is 188 Å². The van der Waals surface area contributed by atoms with Crippen LogP contribution in [-0.4, -0.2) is 121 Å². The van der Waals surface area contributed by atoms with Gasteiger partial charge in [0.05, 0.1) is 34.1 Å². The lowest BCUT2D eigenvalue weighted by Crippen LogP contribution is -2.53. The van der Waals surface area contributed by atoms with Crippen molar-refractivity contribution in [1.29, 1.82) is 0 Å². The number of anilines is 4. The van der Waals surface area contributed by atoms with Crippen LogP contribution in [0.1, 0.15) is 64.0 Å². The van der Waals surface area contributed by atoms with Crippen molar-refractivity contribution >= 4 is 55.9 Å². The fraction of sp³-hybridized carbons (Fsp3) is 0.475. The summed E-state index contributed by atoms with van der Waals surface area (Å²) in [5, 5.41) is 18.9. The highest BCUT2D eigenvalue weighted by Crippen LogP contribution is 2.33. The Labute approximate surface area is 337 Å². The summed E-state index contributed by atoms with van der Waals surface area (Å²) in [5.41, 5.74) is 3.61. The van der Waals surface area contributed by atoms with Gasteiger partial charge < -0.3 is 15.5 Å². The number of nitrogens with one attached hydrogen (secondary N) is 3. The minimum absolute atomic E-state index is 0.138. The van der Waals surface area contributed by atoms with Crippen molar-refractivity contribution in [3.05, 3.63) is 66.7 Å². The number of amides is 2. The van der Waals surface area contributed by atoms with Crippen molar-refractivity contribution in [3.63, 3.8) is 0 Å². The maximum Gasteiger partial charge on any atom is 0.256 e. The number of benzene rings is 1. The highest BCUT2D eigenvalue weighted by Gasteiger charge is 2.38. The summed E-state index contributed by atoms with van der Waals surface area (Å²) in [5.74, 6) is 2.01. The van der Waals surface area contributed by atoms with Crippen LogP contribution in [0.4, 0.5) is 23.1 Å². The molecule has 0 radical (unpaired) electrons. The van der Waals surface area contributed by atoms with Crippen LogP contribution in [0.2, 0.25) is 0 Å². The molecule has 3 N–H and O–H groups in total. The molecule has 1 aromatic carbocycles. The van der Waals surface area contributed by atoms with Crippen LogP contribution >= 0.6 is 0 Å². The Morgan fingerprint density at radius 3 is 2.48 bits per heavy atom. The molecule has 58 heavy (non-hydrogen) atoms. The van der Waals surface area contributed by atoms with E-state index >= 15 is 0 Å². The molecule has 9 rings (SSSR count). The minimum atomic E-state index is -3.48. The second-order valence-corrected chi connectivity index (χ2v) is 18.1. The minimum Gasteiger partial charge on any atom is -0.374 e.